The van der Waals surface area contributed by atoms with Crippen molar-refractivity contribution in [1.29, 1.82) is 5.41 Å². The Bertz CT molecular complexity index is 881. The second-order valence-corrected chi connectivity index (χ2v) is 9.80. The van der Waals surface area contributed by atoms with Crippen LogP contribution in [0.2, 0.25) is 0 Å². The fourth-order valence-corrected chi connectivity index (χ4v) is 4.55. The Morgan fingerprint density at radius 2 is 1.59 bits per heavy atom. The van der Waals surface area contributed by atoms with E-state index in [1.165, 1.54) is 9.80 Å². The van der Waals surface area contributed by atoms with Gasteiger partial charge in [0, 0.05) is 19.6 Å². The Labute approximate surface area is 216 Å². The zero-order valence-electron chi connectivity index (χ0n) is 21.5. The van der Waals surface area contributed by atoms with E-state index in [9.17, 15) is 29.1 Å². The van der Waals surface area contributed by atoms with Gasteiger partial charge < -0.3 is 42.3 Å². The van der Waals surface area contributed by atoms with Gasteiger partial charge in [0.05, 0.1) is 12.6 Å². The molecule has 0 radical (unpaired) electrons. The fourth-order valence-electron chi connectivity index (χ4n) is 4.55. The Morgan fingerprint density at radius 3 is 2.16 bits per heavy atom. The molecular weight excluding hydrogens is 484 g/mol. The number of hydrogen-bond donors (Lipinski definition) is 7. The smallest absolute Gasteiger partial charge is 0.326 e. The molecule has 0 aliphatic carbocycles. The van der Waals surface area contributed by atoms with Gasteiger partial charge in [-0.3, -0.25) is 24.6 Å². The first-order chi connectivity index (χ1) is 17.4. The van der Waals surface area contributed by atoms with Crippen LogP contribution in [0.4, 0.5) is 0 Å². The van der Waals surface area contributed by atoms with Crippen LogP contribution in [0.15, 0.2) is 0 Å². The number of nitrogens with one attached hydrogen (secondary N) is 4. The summed E-state index contributed by atoms with van der Waals surface area (Å²) in [6.45, 7) is 4.35. The predicted molar refractivity (Wildman–Crippen MR) is 134 cm³/mol. The normalized spacial score (nSPS) is 20.9. The molecule has 2 aliphatic rings. The van der Waals surface area contributed by atoms with E-state index < -0.39 is 47.9 Å². The lowest BCUT2D eigenvalue weighted by Crippen LogP contribution is -2.55. The highest BCUT2D eigenvalue weighted by Gasteiger charge is 2.38. The maximum atomic E-state index is 12.9. The van der Waals surface area contributed by atoms with Gasteiger partial charge in [0.25, 0.3) is 0 Å². The number of hydrogen-bond acceptors (Lipinski definition) is 7. The van der Waals surface area contributed by atoms with Crippen molar-refractivity contribution in [2.45, 2.75) is 76.5 Å². The third-order valence-electron chi connectivity index (χ3n) is 6.73. The quantitative estimate of drug-likeness (QED) is 0.0842. The summed E-state index contributed by atoms with van der Waals surface area (Å²) in [5.74, 6) is -3.27. The van der Waals surface area contributed by atoms with Crippen molar-refractivity contribution in [2.24, 2.45) is 17.4 Å². The van der Waals surface area contributed by atoms with Crippen molar-refractivity contribution >= 4 is 35.6 Å². The molecule has 0 aromatic carbocycles. The molecule has 14 nitrogen and oxygen atoms in total. The molecule has 208 valence electrons. The molecule has 2 rings (SSSR count). The van der Waals surface area contributed by atoms with Gasteiger partial charge in [-0.2, -0.15) is 0 Å². The zero-order chi connectivity index (χ0) is 27.7. The lowest BCUT2D eigenvalue weighted by Gasteiger charge is -2.29. The number of nitrogens with zero attached hydrogens (tertiary/aromatic N) is 2. The van der Waals surface area contributed by atoms with Crippen LogP contribution < -0.4 is 27.4 Å². The summed E-state index contributed by atoms with van der Waals surface area (Å²) in [5.41, 5.74) is 11.2. The van der Waals surface area contributed by atoms with E-state index in [0.717, 1.165) is 0 Å². The summed E-state index contributed by atoms with van der Waals surface area (Å²) in [6.07, 6.45) is 2.56. The Balaban J connectivity index is 1.90. The van der Waals surface area contributed by atoms with Crippen molar-refractivity contribution in [1.82, 2.24) is 25.8 Å². The van der Waals surface area contributed by atoms with Gasteiger partial charge >= 0.3 is 5.97 Å². The molecule has 0 unspecified atom stereocenters. The lowest BCUT2D eigenvalue weighted by molar-refractivity contribution is -0.144. The Morgan fingerprint density at radius 1 is 1.00 bits per heavy atom. The predicted octanol–water partition coefficient (Wildman–Crippen LogP) is -2.10. The number of nitrogens with two attached hydrogens (primary N) is 2. The van der Waals surface area contributed by atoms with Crippen LogP contribution in [0.5, 0.6) is 0 Å². The second kappa shape index (κ2) is 13.8. The number of aliphatic carboxylic acids is 1. The molecule has 4 atom stereocenters. The number of likely N-dealkylation sites (tertiary alicyclic amines) is 2. The van der Waals surface area contributed by atoms with E-state index >= 15 is 0 Å². The van der Waals surface area contributed by atoms with Crippen molar-refractivity contribution in [3.05, 3.63) is 0 Å². The average molecular weight is 525 g/mol. The number of carboxylic acid groups (broad SMARTS) is 1. The van der Waals surface area contributed by atoms with Crippen LogP contribution in [0, 0.1) is 11.3 Å². The number of carbonyl (C=O) groups is 5. The van der Waals surface area contributed by atoms with E-state index in [4.69, 9.17) is 16.9 Å². The summed E-state index contributed by atoms with van der Waals surface area (Å²) in [6, 6.07) is -3.40. The molecule has 9 N–H and O–H groups in total. The average Bonchev–Trinajstić information content (AvgIpc) is 3.53. The first-order valence-corrected chi connectivity index (χ1v) is 12.7. The second-order valence-electron chi connectivity index (χ2n) is 9.80. The maximum Gasteiger partial charge on any atom is 0.326 e. The first-order valence-electron chi connectivity index (χ1n) is 12.7. The minimum Gasteiger partial charge on any atom is -0.480 e. The number of rotatable bonds is 12. The van der Waals surface area contributed by atoms with E-state index in [2.05, 4.69) is 16.0 Å². The third-order valence-corrected chi connectivity index (χ3v) is 6.73. The highest BCUT2D eigenvalue weighted by atomic mass is 16.4. The molecule has 4 amide bonds. The topological polar surface area (TPSA) is 224 Å². The molecule has 0 saturated carbocycles. The number of carbonyl (C=O) groups excluding carboxylic acids is 4. The van der Waals surface area contributed by atoms with Crippen molar-refractivity contribution < 1.29 is 29.1 Å². The monoisotopic (exact) mass is 524 g/mol. The largest absolute Gasteiger partial charge is 0.480 e. The van der Waals surface area contributed by atoms with Crippen LogP contribution in [0.3, 0.4) is 0 Å². The zero-order valence-corrected chi connectivity index (χ0v) is 21.5. The Hall–Kier alpha value is -3.42. The van der Waals surface area contributed by atoms with Gasteiger partial charge in [-0.05, 0) is 44.4 Å². The summed E-state index contributed by atoms with van der Waals surface area (Å²) < 4.78 is 0. The van der Waals surface area contributed by atoms with Crippen LogP contribution >= 0.6 is 0 Å². The van der Waals surface area contributed by atoms with E-state index in [1.807, 2.05) is 13.8 Å². The summed E-state index contributed by atoms with van der Waals surface area (Å²) in [5, 5.41) is 24.2. The SMILES string of the molecule is CC(C)[C@H](N)C(=O)N1CCC[C@H]1C(=O)NCC(=O)N1CCC[C@H]1C(=O)N[C@@H](CCCNC(=N)N)C(=O)O. The van der Waals surface area contributed by atoms with Gasteiger partial charge in [0.1, 0.15) is 18.1 Å². The molecule has 2 aliphatic heterocycles. The van der Waals surface area contributed by atoms with Gasteiger partial charge in [0.2, 0.25) is 23.6 Å². The molecule has 0 aromatic heterocycles. The van der Waals surface area contributed by atoms with E-state index in [0.29, 0.717) is 45.2 Å². The molecule has 2 saturated heterocycles. The number of carboxylic acids is 1. The number of guanidine groups is 1. The molecule has 0 spiro atoms. The fraction of sp³-hybridized carbons (Fsp3) is 0.739. The van der Waals surface area contributed by atoms with Gasteiger partial charge in [-0.1, -0.05) is 13.8 Å². The van der Waals surface area contributed by atoms with Crippen molar-refractivity contribution in [3.8, 4) is 0 Å². The minimum absolute atomic E-state index is 0.0745. The molecular formula is C23H40N8O6. The van der Waals surface area contributed by atoms with Crippen molar-refractivity contribution in [3.63, 3.8) is 0 Å². The van der Waals surface area contributed by atoms with E-state index in [1.54, 1.807) is 0 Å². The van der Waals surface area contributed by atoms with Crippen LogP contribution in [0.1, 0.15) is 52.4 Å². The summed E-state index contributed by atoms with van der Waals surface area (Å²) >= 11 is 0. The molecule has 0 bridgehead atoms. The van der Waals surface area contributed by atoms with Crippen LogP contribution in [-0.4, -0.2) is 101 Å². The van der Waals surface area contributed by atoms with Gasteiger partial charge in [0.15, 0.2) is 5.96 Å². The van der Waals surface area contributed by atoms with Gasteiger partial charge in [-0.15, -0.1) is 0 Å². The first kappa shape index (κ1) is 29.8. The highest BCUT2D eigenvalue weighted by Crippen LogP contribution is 2.21. The maximum absolute atomic E-state index is 12.9. The molecule has 2 fully saturated rings. The van der Waals surface area contributed by atoms with Gasteiger partial charge in [-0.25, -0.2) is 4.79 Å². The van der Waals surface area contributed by atoms with Crippen LogP contribution in [-0.2, 0) is 24.0 Å². The standard InChI is InChI=1S/C23H40N8O6/c1-13(2)18(24)21(35)31-11-5-7-15(31)19(33)28-12-17(32)30-10-4-8-16(30)20(34)29-14(22(36)37)6-3-9-27-23(25)26/h13-16,18H,3-12,24H2,1-2H3,(H,28,33)(H,29,34)(H,36,37)(H4,25,26,27)/t14-,15-,16-,18-/m0/s1. The van der Waals surface area contributed by atoms with Crippen LogP contribution in [0.25, 0.3) is 0 Å². The molecule has 37 heavy (non-hydrogen) atoms. The summed E-state index contributed by atoms with van der Waals surface area (Å²) in [7, 11) is 0. The Kier molecular flexibility index (Phi) is 11.1. The highest BCUT2D eigenvalue weighted by molar-refractivity contribution is 5.94. The lowest BCUT2D eigenvalue weighted by atomic mass is 10.0. The minimum atomic E-state index is -1.20. The van der Waals surface area contributed by atoms with E-state index in [-0.39, 0.29) is 37.3 Å². The number of amides is 4. The molecule has 14 heteroatoms. The molecule has 0 aromatic rings. The van der Waals surface area contributed by atoms with Crippen molar-refractivity contribution in [2.75, 3.05) is 26.2 Å². The third kappa shape index (κ3) is 8.30. The summed E-state index contributed by atoms with van der Waals surface area (Å²) in [4.78, 5) is 65.5. The molecule has 2 heterocycles.